The van der Waals surface area contributed by atoms with Crippen LogP contribution in [0.25, 0.3) is 5.65 Å². The highest BCUT2D eigenvalue weighted by Crippen LogP contribution is 2.28. The second kappa shape index (κ2) is 12.9. The Morgan fingerprint density at radius 1 is 1.22 bits per heavy atom. The Hall–Kier alpha value is -5.06. The number of nitrogens with one attached hydrogen (secondary N) is 4. The summed E-state index contributed by atoms with van der Waals surface area (Å²) in [6, 6.07) is 0.576. The zero-order chi connectivity index (χ0) is 29.5. The Labute approximate surface area is 230 Å². The molecule has 3 aromatic rings. The summed E-state index contributed by atoms with van der Waals surface area (Å²) in [6.45, 7) is -1.04. The number of alkyl carbamates (subject to hydrolysis) is 1. The van der Waals surface area contributed by atoms with Gasteiger partial charge in [-0.25, -0.2) is 23.4 Å². The van der Waals surface area contributed by atoms with Gasteiger partial charge >= 0.3 is 12.2 Å². The number of amides is 4. The van der Waals surface area contributed by atoms with Crippen molar-refractivity contribution in [2.45, 2.75) is 12.1 Å². The number of hydrogen-bond donors (Lipinski definition) is 5. The Balaban J connectivity index is 1.27. The predicted molar refractivity (Wildman–Crippen MR) is 137 cm³/mol. The molecule has 4 rings (SSSR count). The largest absolute Gasteiger partial charge is 0.453 e. The highest BCUT2D eigenvalue weighted by Gasteiger charge is 2.33. The van der Waals surface area contributed by atoms with E-state index in [1.54, 1.807) is 10.6 Å². The number of imidazole rings is 1. The minimum atomic E-state index is -1.30. The molecule has 2 atom stereocenters. The standard InChI is InChI=1S/C24H26F2N8O7/c1-40-23(38)30-8-14-10-34(24(39)41-14)13-6-15(25)20(16(26)7-13)28-2-3-29-21(36)18(12-35)32-22(37)17-11-33-5-4-27-9-19(33)31-17/h4-7,9,11,14,18,28,35H,2-3,8,10,12H2,1H3,(H,29,36)(H,30,38)(H,32,37)/t14-,18-/m0/s1. The van der Waals surface area contributed by atoms with Gasteiger partial charge in [0.2, 0.25) is 5.91 Å². The quantitative estimate of drug-likeness (QED) is 0.195. The second-order valence-corrected chi connectivity index (χ2v) is 8.67. The van der Waals surface area contributed by atoms with E-state index in [0.717, 1.165) is 17.0 Å². The summed E-state index contributed by atoms with van der Waals surface area (Å²) in [5.41, 5.74) is -0.157. The van der Waals surface area contributed by atoms with Crippen LogP contribution in [0.3, 0.4) is 0 Å². The number of rotatable bonds is 11. The first kappa shape index (κ1) is 28.9. The number of hydrogen-bond acceptors (Lipinski definition) is 10. The maximum atomic E-state index is 14.7. The molecular weight excluding hydrogens is 550 g/mol. The van der Waals surface area contributed by atoms with Gasteiger partial charge in [0.05, 0.1) is 38.7 Å². The van der Waals surface area contributed by atoms with Crippen molar-refractivity contribution in [3.05, 3.63) is 54.2 Å². The molecule has 5 N–H and O–H groups in total. The van der Waals surface area contributed by atoms with E-state index >= 15 is 0 Å². The minimum absolute atomic E-state index is 0.0101. The lowest BCUT2D eigenvalue weighted by Crippen LogP contribution is -2.49. The van der Waals surface area contributed by atoms with Crippen molar-refractivity contribution in [1.82, 2.24) is 30.3 Å². The molecule has 2 aromatic heterocycles. The van der Waals surface area contributed by atoms with Crippen LogP contribution < -0.4 is 26.2 Å². The van der Waals surface area contributed by atoms with Gasteiger partial charge in [0.25, 0.3) is 5.91 Å². The first-order valence-corrected chi connectivity index (χ1v) is 12.2. The summed E-state index contributed by atoms with van der Waals surface area (Å²) < 4.78 is 40.5. The van der Waals surface area contributed by atoms with E-state index in [1.807, 2.05) is 0 Å². The number of carbonyl (C=O) groups is 4. The number of methoxy groups -OCH3 is 1. The Morgan fingerprint density at radius 2 is 1.98 bits per heavy atom. The molecular formula is C24H26F2N8O7. The molecule has 1 saturated heterocycles. The fourth-order valence-electron chi connectivity index (χ4n) is 3.87. The van der Waals surface area contributed by atoms with Crippen LogP contribution in [0.2, 0.25) is 0 Å². The van der Waals surface area contributed by atoms with Crippen LogP contribution in [0, 0.1) is 11.6 Å². The number of fused-ring (bicyclic) bond motifs is 1. The van der Waals surface area contributed by atoms with Gasteiger partial charge in [0.1, 0.15) is 23.5 Å². The number of carbonyl (C=O) groups excluding carboxylic acids is 4. The Bertz CT molecular complexity index is 1400. The lowest BCUT2D eigenvalue weighted by atomic mass is 10.2. The number of benzene rings is 1. The molecule has 3 heterocycles. The number of aromatic nitrogens is 3. The predicted octanol–water partition coefficient (Wildman–Crippen LogP) is 0.00770. The third-order valence-corrected chi connectivity index (χ3v) is 5.90. The van der Waals surface area contributed by atoms with Gasteiger partial charge < -0.3 is 40.2 Å². The van der Waals surface area contributed by atoms with Crippen LogP contribution in [-0.2, 0) is 14.3 Å². The van der Waals surface area contributed by atoms with E-state index in [0.29, 0.717) is 5.65 Å². The molecule has 1 aromatic carbocycles. The zero-order valence-corrected chi connectivity index (χ0v) is 21.6. The third-order valence-electron chi connectivity index (χ3n) is 5.90. The van der Waals surface area contributed by atoms with Crippen molar-refractivity contribution >= 4 is 41.0 Å². The molecule has 0 saturated carbocycles. The van der Waals surface area contributed by atoms with Crippen LogP contribution in [0.15, 0.2) is 36.9 Å². The van der Waals surface area contributed by atoms with Crippen LogP contribution in [-0.4, -0.2) is 95.5 Å². The highest BCUT2D eigenvalue weighted by molar-refractivity contribution is 5.96. The van der Waals surface area contributed by atoms with Gasteiger partial charge in [-0.05, 0) is 0 Å². The number of nitrogens with zero attached hydrogens (tertiary/aromatic N) is 4. The number of halogens is 2. The zero-order valence-electron chi connectivity index (χ0n) is 21.6. The third kappa shape index (κ3) is 6.93. The number of aliphatic hydroxyl groups excluding tert-OH is 1. The highest BCUT2D eigenvalue weighted by atomic mass is 19.1. The maximum absolute atomic E-state index is 14.7. The Morgan fingerprint density at radius 3 is 2.66 bits per heavy atom. The van der Waals surface area contributed by atoms with Crippen LogP contribution >= 0.6 is 0 Å². The number of cyclic esters (lactones) is 1. The van der Waals surface area contributed by atoms with Crippen molar-refractivity contribution in [1.29, 1.82) is 0 Å². The first-order valence-electron chi connectivity index (χ1n) is 12.2. The molecule has 1 aliphatic heterocycles. The van der Waals surface area contributed by atoms with Crippen molar-refractivity contribution in [3.63, 3.8) is 0 Å². The lowest BCUT2D eigenvalue weighted by Gasteiger charge is -2.17. The van der Waals surface area contributed by atoms with E-state index in [-0.39, 0.29) is 37.6 Å². The molecule has 1 aliphatic rings. The number of anilines is 2. The fourth-order valence-corrected chi connectivity index (χ4v) is 3.87. The molecule has 0 unspecified atom stereocenters. The first-order chi connectivity index (χ1) is 19.7. The molecule has 0 aliphatic carbocycles. The number of aliphatic hydroxyl groups is 1. The molecule has 0 bridgehead atoms. The van der Waals surface area contributed by atoms with Crippen LogP contribution in [0.1, 0.15) is 10.5 Å². The monoisotopic (exact) mass is 576 g/mol. The summed E-state index contributed by atoms with van der Waals surface area (Å²) in [5, 5.41) is 19.3. The topological polar surface area (TPSA) is 189 Å². The number of ether oxygens (including phenoxy) is 2. The molecule has 17 heteroatoms. The van der Waals surface area contributed by atoms with Gasteiger partial charge in [-0.2, -0.15) is 0 Å². The van der Waals surface area contributed by atoms with Crippen molar-refractivity contribution in [3.8, 4) is 0 Å². The van der Waals surface area contributed by atoms with Gasteiger partial charge in [0.15, 0.2) is 17.3 Å². The molecule has 4 amide bonds. The summed E-state index contributed by atoms with van der Waals surface area (Å²) in [4.78, 5) is 57.3. The summed E-state index contributed by atoms with van der Waals surface area (Å²) in [7, 11) is 1.17. The Kier molecular flexibility index (Phi) is 9.08. The van der Waals surface area contributed by atoms with Crippen LogP contribution in [0.5, 0.6) is 0 Å². The summed E-state index contributed by atoms with van der Waals surface area (Å²) >= 11 is 0. The summed E-state index contributed by atoms with van der Waals surface area (Å²) in [6.07, 6.45) is 3.66. The average molecular weight is 577 g/mol. The molecule has 0 radical (unpaired) electrons. The van der Waals surface area contributed by atoms with Gasteiger partial charge in [-0.1, -0.05) is 0 Å². The normalized spacial score (nSPS) is 15.3. The SMILES string of the molecule is COC(=O)NC[C@H]1CN(c2cc(F)c(NCCNC(=O)[C@H](CO)NC(=O)c3cn4ccncc4n3)c(F)c2)C(=O)O1. The molecule has 0 spiro atoms. The smallest absolute Gasteiger partial charge is 0.414 e. The van der Waals surface area contributed by atoms with Crippen molar-refractivity contribution in [2.75, 3.05) is 50.1 Å². The van der Waals surface area contributed by atoms with Gasteiger partial charge in [-0.3, -0.25) is 19.5 Å². The van der Waals surface area contributed by atoms with Crippen LogP contribution in [0.4, 0.5) is 29.7 Å². The average Bonchev–Trinajstić information content (AvgIpc) is 3.56. The van der Waals surface area contributed by atoms with Gasteiger partial charge in [-0.15, -0.1) is 0 Å². The van der Waals surface area contributed by atoms with E-state index < -0.39 is 60.1 Å². The lowest BCUT2D eigenvalue weighted by molar-refractivity contribution is -0.123. The minimum Gasteiger partial charge on any atom is -0.453 e. The molecule has 15 nitrogen and oxygen atoms in total. The fraction of sp³-hybridized carbons (Fsp3) is 0.333. The van der Waals surface area contributed by atoms with Crippen molar-refractivity contribution < 1.29 is 42.5 Å². The molecule has 218 valence electrons. The molecule has 41 heavy (non-hydrogen) atoms. The second-order valence-electron chi connectivity index (χ2n) is 8.67. The van der Waals surface area contributed by atoms with Gasteiger partial charge in [0, 0.05) is 43.8 Å². The van der Waals surface area contributed by atoms with E-state index in [1.165, 1.54) is 25.7 Å². The van der Waals surface area contributed by atoms with E-state index in [9.17, 15) is 33.1 Å². The maximum Gasteiger partial charge on any atom is 0.414 e. The van der Waals surface area contributed by atoms with E-state index in [2.05, 4.69) is 36.0 Å². The molecule has 1 fully saturated rings. The van der Waals surface area contributed by atoms with Crippen molar-refractivity contribution in [2.24, 2.45) is 0 Å². The van der Waals surface area contributed by atoms with E-state index in [4.69, 9.17) is 4.74 Å². The summed E-state index contributed by atoms with van der Waals surface area (Å²) in [5.74, 6) is -3.43.